The zero-order valence-corrected chi connectivity index (χ0v) is 7.52. The van der Waals surface area contributed by atoms with Gasteiger partial charge in [-0.15, -0.1) is 0 Å². The van der Waals surface area contributed by atoms with Crippen LogP contribution in [0.4, 0.5) is 4.39 Å². The van der Waals surface area contributed by atoms with Gasteiger partial charge in [0.25, 0.3) is 0 Å². The topological polar surface area (TPSA) is 3.24 Å². The average molecular weight is 159 g/mol. The number of halogens is 1. The van der Waals surface area contributed by atoms with E-state index in [2.05, 4.69) is 18.7 Å². The molecule has 0 aromatic rings. The fourth-order valence-electron chi connectivity index (χ4n) is 1.73. The summed E-state index contributed by atoms with van der Waals surface area (Å²) in [5.74, 6) is 1.57. The standard InChI is InChI=1S/C9H18FN/c1-8(2)9-3-5-11(7-9)6-4-10/h8-9H,3-7H2,1-2H3/t9-/m1/s1. The van der Waals surface area contributed by atoms with Gasteiger partial charge >= 0.3 is 0 Å². The Morgan fingerprint density at radius 2 is 2.27 bits per heavy atom. The average Bonchev–Trinajstić information content (AvgIpc) is 2.37. The molecule has 0 aromatic heterocycles. The highest BCUT2D eigenvalue weighted by molar-refractivity contribution is 4.77. The van der Waals surface area contributed by atoms with E-state index in [-0.39, 0.29) is 6.67 Å². The maximum absolute atomic E-state index is 11.9. The molecule has 0 aromatic carbocycles. The molecule has 1 heterocycles. The van der Waals surface area contributed by atoms with Gasteiger partial charge in [-0.05, 0) is 24.8 Å². The zero-order valence-electron chi connectivity index (χ0n) is 7.52. The van der Waals surface area contributed by atoms with E-state index >= 15 is 0 Å². The van der Waals surface area contributed by atoms with Gasteiger partial charge in [-0.3, -0.25) is 0 Å². The third-order valence-corrected chi connectivity index (χ3v) is 2.65. The van der Waals surface area contributed by atoms with E-state index in [0.29, 0.717) is 6.54 Å². The molecule has 2 heteroatoms. The Bertz CT molecular complexity index is 114. The van der Waals surface area contributed by atoms with Crippen LogP contribution in [0, 0.1) is 11.8 Å². The number of alkyl halides is 1. The fourth-order valence-corrected chi connectivity index (χ4v) is 1.73. The van der Waals surface area contributed by atoms with Crippen LogP contribution in [0.15, 0.2) is 0 Å². The lowest BCUT2D eigenvalue weighted by Crippen LogP contribution is -2.24. The van der Waals surface area contributed by atoms with Gasteiger partial charge in [0, 0.05) is 13.1 Å². The van der Waals surface area contributed by atoms with Crippen LogP contribution in [-0.2, 0) is 0 Å². The summed E-state index contributed by atoms with van der Waals surface area (Å²) in [6.07, 6.45) is 1.26. The van der Waals surface area contributed by atoms with Crippen LogP contribution in [0.1, 0.15) is 20.3 Å². The summed E-state index contributed by atoms with van der Waals surface area (Å²) >= 11 is 0. The minimum absolute atomic E-state index is 0.190. The summed E-state index contributed by atoms with van der Waals surface area (Å²) in [7, 11) is 0. The first-order valence-corrected chi connectivity index (χ1v) is 4.52. The lowest BCUT2D eigenvalue weighted by atomic mass is 9.95. The lowest BCUT2D eigenvalue weighted by molar-refractivity contribution is 0.275. The van der Waals surface area contributed by atoms with Crippen LogP contribution in [0.2, 0.25) is 0 Å². The summed E-state index contributed by atoms with van der Waals surface area (Å²) in [5, 5.41) is 0. The van der Waals surface area contributed by atoms with Crippen molar-refractivity contribution in [2.24, 2.45) is 11.8 Å². The van der Waals surface area contributed by atoms with Crippen molar-refractivity contribution >= 4 is 0 Å². The second-order valence-corrected chi connectivity index (χ2v) is 3.78. The molecule has 0 radical (unpaired) electrons. The number of likely N-dealkylation sites (tertiary alicyclic amines) is 1. The highest BCUT2D eigenvalue weighted by Crippen LogP contribution is 2.22. The molecule has 1 fully saturated rings. The van der Waals surface area contributed by atoms with Crippen LogP contribution in [0.25, 0.3) is 0 Å². The molecule has 66 valence electrons. The first-order chi connectivity index (χ1) is 5.24. The molecule has 0 aliphatic carbocycles. The van der Waals surface area contributed by atoms with E-state index in [4.69, 9.17) is 0 Å². The molecule has 0 unspecified atom stereocenters. The summed E-state index contributed by atoms with van der Waals surface area (Å²) in [4.78, 5) is 2.23. The van der Waals surface area contributed by atoms with Crippen LogP contribution in [-0.4, -0.2) is 31.2 Å². The van der Waals surface area contributed by atoms with Gasteiger partial charge < -0.3 is 4.90 Å². The zero-order chi connectivity index (χ0) is 8.27. The van der Waals surface area contributed by atoms with E-state index in [0.717, 1.165) is 24.9 Å². The number of nitrogens with zero attached hydrogens (tertiary/aromatic N) is 1. The Morgan fingerprint density at radius 3 is 2.73 bits per heavy atom. The minimum atomic E-state index is -0.190. The minimum Gasteiger partial charge on any atom is -0.300 e. The molecular weight excluding hydrogens is 141 g/mol. The fraction of sp³-hybridized carbons (Fsp3) is 1.00. The van der Waals surface area contributed by atoms with Gasteiger partial charge in [-0.1, -0.05) is 13.8 Å². The third kappa shape index (κ3) is 2.44. The van der Waals surface area contributed by atoms with Crippen molar-refractivity contribution in [3.63, 3.8) is 0 Å². The Morgan fingerprint density at radius 1 is 1.55 bits per heavy atom. The van der Waals surface area contributed by atoms with Gasteiger partial charge in [0.05, 0.1) is 0 Å². The van der Waals surface area contributed by atoms with E-state index in [1.807, 2.05) is 0 Å². The summed E-state index contributed by atoms with van der Waals surface area (Å²) < 4.78 is 11.9. The van der Waals surface area contributed by atoms with E-state index < -0.39 is 0 Å². The lowest BCUT2D eigenvalue weighted by Gasteiger charge is -2.15. The highest BCUT2D eigenvalue weighted by atomic mass is 19.1. The maximum Gasteiger partial charge on any atom is 0.102 e. The largest absolute Gasteiger partial charge is 0.300 e. The Kier molecular flexibility index (Phi) is 3.31. The summed E-state index contributed by atoms with van der Waals surface area (Å²) in [6, 6.07) is 0. The number of hydrogen-bond acceptors (Lipinski definition) is 1. The molecule has 1 atom stereocenters. The Hall–Kier alpha value is -0.110. The van der Waals surface area contributed by atoms with E-state index in [1.54, 1.807) is 0 Å². The molecular formula is C9H18FN. The molecule has 11 heavy (non-hydrogen) atoms. The van der Waals surface area contributed by atoms with Gasteiger partial charge in [-0.25, -0.2) is 4.39 Å². The second kappa shape index (κ2) is 4.05. The summed E-state index contributed by atoms with van der Waals surface area (Å²) in [5.41, 5.74) is 0. The van der Waals surface area contributed by atoms with Crippen molar-refractivity contribution in [2.45, 2.75) is 20.3 Å². The molecule has 1 rings (SSSR count). The van der Waals surface area contributed by atoms with Crippen molar-refractivity contribution in [3.05, 3.63) is 0 Å². The van der Waals surface area contributed by atoms with Crippen LogP contribution < -0.4 is 0 Å². The first kappa shape index (κ1) is 8.98. The van der Waals surface area contributed by atoms with Gasteiger partial charge in [0.2, 0.25) is 0 Å². The Balaban J connectivity index is 2.23. The van der Waals surface area contributed by atoms with E-state index in [1.165, 1.54) is 6.42 Å². The van der Waals surface area contributed by atoms with Crippen LogP contribution >= 0.6 is 0 Å². The summed E-state index contributed by atoms with van der Waals surface area (Å²) in [6.45, 7) is 7.18. The number of hydrogen-bond donors (Lipinski definition) is 0. The SMILES string of the molecule is CC(C)[C@@H]1CCN(CCF)C1. The van der Waals surface area contributed by atoms with Gasteiger partial charge in [0.1, 0.15) is 6.67 Å². The van der Waals surface area contributed by atoms with Gasteiger partial charge in [-0.2, -0.15) is 0 Å². The molecule has 0 bridgehead atoms. The van der Waals surface area contributed by atoms with Gasteiger partial charge in [0.15, 0.2) is 0 Å². The quantitative estimate of drug-likeness (QED) is 0.608. The first-order valence-electron chi connectivity index (χ1n) is 4.52. The Labute approximate surface area is 68.6 Å². The predicted molar refractivity (Wildman–Crippen MR) is 45.4 cm³/mol. The van der Waals surface area contributed by atoms with Crippen LogP contribution in [0.3, 0.4) is 0 Å². The van der Waals surface area contributed by atoms with Crippen molar-refractivity contribution in [1.29, 1.82) is 0 Å². The molecule has 0 saturated carbocycles. The smallest absolute Gasteiger partial charge is 0.102 e. The highest BCUT2D eigenvalue weighted by Gasteiger charge is 2.23. The predicted octanol–water partition coefficient (Wildman–Crippen LogP) is 1.93. The second-order valence-electron chi connectivity index (χ2n) is 3.78. The molecule has 0 N–H and O–H groups in total. The van der Waals surface area contributed by atoms with Crippen molar-refractivity contribution in [2.75, 3.05) is 26.3 Å². The van der Waals surface area contributed by atoms with Crippen LogP contribution in [0.5, 0.6) is 0 Å². The normalized spacial score (nSPS) is 26.7. The monoisotopic (exact) mass is 159 g/mol. The molecule has 0 spiro atoms. The molecule has 1 saturated heterocycles. The third-order valence-electron chi connectivity index (χ3n) is 2.65. The molecule has 1 nitrogen and oxygen atoms in total. The molecule has 1 aliphatic rings. The van der Waals surface area contributed by atoms with Crippen molar-refractivity contribution in [3.8, 4) is 0 Å². The maximum atomic E-state index is 11.9. The van der Waals surface area contributed by atoms with E-state index in [9.17, 15) is 4.39 Å². The molecule has 1 aliphatic heterocycles. The molecule has 0 amide bonds. The number of rotatable bonds is 3. The van der Waals surface area contributed by atoms with Crippen molar-refractivity contribution in [1.82, 2.24) is 4.90 Å². The van der Waals surface area contributed by atoms with Crippen molar-refractivity contribution < 1.29 is 4.39 Å².